The molecule has 0 spiro atoms. The summed E-state index contributed by atoms with van der Waals surface area (Å²) >= 11 is 0. The number of nitrogens with zero attached hydrogens (tertiary/aromatic N) is 1. The van der Waals surface area contributed by atoms with Gasteiger partial charge >= 0.3 is 0 Å². The zero-order chi connectivity index (χ0) is 10.7. The molecule has 1 saturated heterocycles. The maximum atomic E-state index is 12.0. The van der Waals surface area contributed by atoms with Crippen LogP contribution < -0.4 is 5.32 Å². The molecule has 1 saturated carbocycles. The third-order valence-electron chi connectivity index (χ3n) is 3.11. The van der Waals surface area contributed by atoms with Gasteiger partial charge < -0.3 is 15.0 Å². The Balaban J connectivity index is 1.81. The van der Waals surface area contributed by atoms with E-state index in [0.717, 1.165) is 25.9 Å². The molecule has 1 N–H and O–H groups in total. The number of likely N-dealkylation sites (tertiary alicyclic amines) is 1. The lowest BCUT2D eigenvalue weighted by molar-refractivity contribution is -0.136. The Bertz CT molecular complexity index is 229. The van der Waals surface area contributed by atoms with Crippen LogP contribution in [0, 0.1) is 0 Å². The summed E-state index contributed by atoms with van der Waals surface area (Å²) in [5.41, 5.74) is 0. The van der Waals surface area contributed by atoms with Crippen LogP contribution in [0.4, 0.5) is 0 Å². The number of hydrogen-bond donors (Lipinski definition) is 1. The van der Waals surface area contributed by atoms with Gasteiger partial charge in [-0.15, -0.1) is 0 Å². The fraction of sp³-hybridized carbons (Fsp3) is 0.909. The van der Waals surface area contributed by atoms with Gasteiger partial charge in [0, 0.05) is 26.2 Å². The van der Waals surface area contributed by atoms with Crippen molar-refractivity contribution in [2.75, 3.05) is 26.8 Å². The van der Waals surface area contributed by atoms with Crippen LogP contribution in [0.5, 0.6) is 0 Å². The van der Waals surface area contributed by atoms with E-state index in [1.165, 1.54) is 12.8 Å². The maximum absolute atomic E-state index is 12.0. The first kappa shape index (κ1) is 10.9. The number of ether oxygens (including phenoxy) is 1. The Hall–Kier alpha value is -0.610. The highest BCUT2D eigenvalue weighted by atomic mass is 16.5. The van der Waals surface area contributed by atoms with Crippen molar-refractivity contribution in [1.29, 1.82) is 0 Å². The van der Waals surface area contributed by atoms with E-state index < -0.39 is 0 Å². The van der Waals surface area contributed by atoms with Gasteiger partial charge in [0.15, 0.2) is 0 Å². The minimum Gasteiger partial charge on any atom is -0.383 e. The molecule has 1 aliphatic heterocycles. The number of methoxy groups -OCH3 is 1. The summed E-state index contributed by atoms with van der Waals surface area (Å²) in [4.78, 5) is 13.9. The van der Waals surface area contributed by atoms with Gasteiger partial charge in [0.2, 0.25) is 5.91 Å². The van der Waals surface area contributed by atoms with Gasteiger partial charge in [-0.25, -0.2) is 0 Å². The lowest BCUT2D eigenvalue weighted by Crippen LogP contribution is -2.52. The van der Waals surface area contributed by atoms with Crippen LogP contribution in [0.1, 0.15) is 25.7 Å². The standard InChI is InChI=1S/C11H20N2O2/c1-15-8-7-13-6-2-3-10(11(13)14)12-9-4-5-9/h9-10,12H,2-8H2,1H3. The van der Waals surface area contributed by atoms with Gasteiger partial charge in [0.1, 0.15) is 0 Å². The van der Waals surface area contributed by atoms with E-state index in [9.17, 15) is 4.79 Å². The van der Waals surface area contributed by atoms with Gasteiger partial charge in [-0.1, -0.05) is 0 Å². The smallest absolute Gasteiger partial charge is 0.239 e. The summed E-state index contributed by atoms with van der Waals surface area (Å²) in [6.07, 6.45) is 4.59. The van der Waals surface area contributed by atoms with E-state index in [-0.39, 0.29) is 11.9 Å². The molecule has 15 heavy (non-hydrogen) atoms. The first-order valence-electron chi connectivity index (χ1n) is 5.85. The van der Waals surface area contributed by atoms with Crippen LogP contribution in [0.3, 0.4) is 0 Å². The van der Waals surface area contributed by atoms with E-state index in [1.54, 1.807) is 7.11 Å². The Morgan fingerprint density at radius 2 is 2.27 bits per heavy atom. The molecule has 1 heterocycles. The number of carbonyl (C=O) groups is 1. The van der Waals surface area contributed by atoms with E-state index in [0.29, 0.717) is 12.6 Å². The molecule has 0 radical (unpaired) electrons. The molecule has 0 aromatic rings. The summed E-state index contributed by atoms with van der Waals surface area (Å²) in [6.45, 7) is 2.27. The third-order valence-corrected chi connectivity index (χ3v) is 3.11. The number of carbonyl (C=O) groups excluding carboxylic acids is 1. The average molecular weight is 212 g/mol. The van der Waals surface area contributed by atoms with Crippen LogP contribution in [0.15, 0.2) is 0 Å². The minimum atomic E-state index is 0.0723. The second-order valence-electron chi connectivity index (χ2n) is 4.45. The summed E-state index contributed by atoms with van der Waals surface area (Å²) in [5.74, 6) is 0.269. The van der Waals surface area contributed by atoms with Crippen molar-refractivity contribution in [3.63, 3.8) is 0 Å². The lowest BCUT2D eigenvalue weighted by atomic mass is 10.0. The normalized spacial score (nSPS) is 27.1. The minimum absolute atomic E-state index is 0.0723. The number of nitrogens with one attached hydrogen (secondary N) is 1. The Morgan fingerprint density at radius 1 is 1.47 bits per heavy atom. The molecular weight excluding hydrogens is 192 g/mol. The molecule has 1 unspecified atom stereocenters. The monoisotopic (exact) mass is 212 g/mol. The number of hydrogen-bond acceptors (Lipinski definition) is 3. The highest BCUT2D eigenvalue weighted by molar-refractivity contribution is 5.82. The quantitative estimate of drug-likeness (QED) is 0.716. The predicted molar refractivity (Wildman–Crippen MR) is 57.6 cm³/mol. The molecule has 2 fully saturated rings. The third kappa shape index (κ3) is 2.92. The second kappa shape index (κ2) is 4.94. The highest BCUT2D eigenvalue weighted by Gasteiger charge is 2.32. The molecule has 1 amide bonds. The summed E-state index contributed by atoms with van der Waals surface area (Å²) < 4.78 is 5.01. The Morgan fingerprint density at radius 3 is 2.93 bits per heavy atom. The van der Waals surface area contributed by atoms with Crippen LogP contribution in [0.25, 0.3) is 0 Å². The van der Waals surface area contributed by atoms with Crippen molar-refractivity contribution >= 4 is 5.91 Å². The van der Waals surface area contributed by atoms with E-state index >= 15 is 0 Å². The van der Waals surface area contributed by atoms with Crippen molar-refractivity contribution < 1.29 is 9.53 Å². The molecule has 0 aromatic carbocycles. The van der Waals surface area contributed by atoms with Gasteiger partial charge in [-0.05, 0) is 25.7 Å². The maximum Gasteiger partial charge on any atom is 0.239 e. The molecule has 1 atom stereocenters. The van der Waals surface area contributed by atoms with Crippen LogP contribution in [0.2, 0.25) is 0 Å². The molecule has 1 aliphatic carbocycles. The molecule has 4 heteroatoms. The lowest BCUT2D eigenvalue weighted by Gasteiger charge is -2.32. The van der Waals surface area contributed by atoms with Crippen LogP contribution >= 0.6 is 0 Å². The molecule has 4 nitrogen and oxygen atoms in total. The van der Waals surface area contributed by atoms with Gasteiger partial charge in [-0.2, -0.15) is 0 Å². The van der Waals surface area contributed by atoms with Crippen molar-refractivity contribution in [2.24, 2.45) is 0 Å². The molecule has 2 aliphatic rings. The molecule has 2 rings (SSSR count). The zero-order valence-electron chi connectivity index (χ0n) is 9.37. The Kier molecular flexibility index (Phi) is 3.59. The van der Waals surface area contributed by atoms with E-state index in [2.05, 4.69) is 5.32 Å². The fourth-order valence-electron chi connectivity index (χ4n) is 2.05. The summed E-state index contributed by atoms with van der Waals surface area (Å²) in [5, 5.41) is 3.42. The van der Waals surface area contributed by atoms with E-state index in [1.807, 2.05) is 4.90 Å². The van der Waals surface area contributed by atoms with Crippen LogP contribution in [-0.4, -0.2) is 49.7 Å². The molecular formula is C11H20N2O2. The predicted octanol–water partition coefficient (Wildman–Crippen LogP) is 0.376. The van der Waals surface area contributed by atoms with Crippen molar-refractivity contribution in [2.45, 2.75) is 37.8 Å². The summed E-state index contributed by atoms with van der Waals surface area (Å²) in [6, 6.07) is 0.685. The van der Waals surface area contributed by atoms with Gasteiger partial charge in [-0.3, -0.25) is 4.79 Å². The Labute approximate surface area is 91.0 Å². The van der Waals surface area contributed by atoms with Gasteiger partial charge in [0.05, 0.1) is 12.6 Å². The fourth-order valence-corrected chi connectivity index (χ4v) is 2.05. The topological polar surface area (TPSA) is 41.6 Å². The van der Waals surface area contributed by atoms with Crippen molar-refractivity contribution in [1.82, 2.24) is 10.2 Å². The first-order chi connectivity index (χ1) is 7.31. The second-order valence-corrected chi connectivity index (χ2v) is 4.45. The number of amides is 1. The molecule has 0 aromatic heterocycles. The summed E-state index contributed by atoms with van der Waals surface area (Å²) in [7, 11) is 1.67. The number of rotatable bonds is 5. The van der Waals surface area contributed by atoms with Crippen molar-refractivity contribution in [3.05, 3.63) is 0 Å². The van der Waals surface area contributed by atoms with Crippen molar-refractivity contribution in [3.8, 4) is 0 Å². The van der Waals surface area contributed by atoms with Crippen LogP contribution in [-0.2, 0) is 9.53 Å². The zero-order valence-corrected chi connectivity index (χ0v) is 9.37. The van der Waals surface area contributed by atoms with Gasteiger partial charge in [0.25, 0.3) is 0 Å². The number of piperidine rings is 1. The molecule has 0 bridgehead atoms. The molecule has 86 valence electrons. The highest BCUT2D eigenvalue weighted by Crippen LogP contribution is 2.22. The average Bonchev–Trinajstić information content (AvgIpc) is 3.03. The van der Waals surface area contributed by atoms with E-state index in [4.69, 9.17) is 4.74 Å². The largest absolute Gasteiger partial charge is 0.383 e. The SMILES string of the molecule is COCCN1CCCC(NC2CC2)C1=O. The first-order valence-corrected chi connectivity index (χ1v) is 5.85.